The number of rotatable bonds is 5. The molecule has 5 heterocycles. The molecule has 0 aliphatic carbocycles. The number of nitrogens with one attached hydrogen (secondary N) is 1. The lowest BCUT2D eigenvalue weighted by molar-refractivity contribution is -0.383. The Labute approximate surface area is 170 Å². The van der Waals surface area contributed by atoms with E-state index in [0.29, 0.717) is 23.5 Å². The van der Waals surface area contributed by atoms with Crippen molar-refractivity contribution in [1.29, 1.82) is 0 Å². The lowest BCUT2D eigenvalue weighted by Gasteiger charge is -2.02. The third-order valence-corrected chi connectivity index (χ3v) is 7.22. The standard InChI is InChI=1S/C17H14N6O2S3/c1-22-14-10(5-19-23(17(14)25)6-12-18-2-3-26-12)15-16(22)21-11(28-15)4-9-8-27-13(7-24)20-9/h2-3,5,8,24H,4,6-7H2,1H3/p+1. The van der Waals surface area contributed by atoms with E-state index < -0.39 is 0 Å². The Morgan fingerprint density at radius 1 is 1.25 bits per heavy atom. The lowest BCUT2D eigenvalue weighted by atomic mass is 10.3. The molecular formula is C17H15N6O2S3+. The number of aryl methyl sites for hydroxylation is 1. The molecular weight excluding hydrogens is 416 g/mol. The monoisotopic (exact) mass is 431 g/mol. The molecule has 0 spiro atoms. The molecule has 5 rings (SSSR count). The maximum absolute atomic E-state index is 13.0. The average Bonchev–Trinajstić information content (AvgIpc) is 3.46. The number of nitrogens with zero attached hydrogens (tertiary/aromatic N) is 5. The van der Waals surface area contributed by atoms with Gasteiger partial charge in [0.1, 0.15) is 22.1 Å². The Hall–Kier alpha value is -2.47. The van der Waals surface area contributed by atoms with Gasteiger partial charge in [-0.3, -0.25) is 4.79 Å². The van der Waals surface area contributed by atoms with Gasteiger partial charge >= 0.3 is 0 Å². The van der Waals surface area contributed by atoms with Gasteiger partial charge in [-0.2, -0.15) is 5.10 Å². The highest BCUT2D eigenvalue weighted by Crippen LogP contribution is 2.31. The highest BCUT2D eigenvalue weighted by Gasteiger charge is 2.19. The Balaban J connectivity index is 1.56. The highest BCUT2D eigenvalue weighted by atomic mass is 32.1. The van der Waals surface area contributed by atoms with Crippen LogP contribution in [0, 0.1) is 0 Å². The van der Waals surface area contributed by atoms with Gasteiger partial charge < -0.3 is 9.67 Å². The molecule has 0 aliphatic rings. The lowest BCUT2D eigenvalue weighted by Crippen LogP contribution is -2.26. The van der Waals surface area contributed by atoms with E-state index in [1.54, 1.807) is 28.9 Å². The third kappa shape index (κ3) is 2.87. The number of aromatic nitrogens is 6. The first-order chi connectivity index (χ1) is 13.6. The summed E-state index contributed by atoms with van der Waals surface area (Å²) < 4.78 is 4.29. The number of hydrogen-bond donors (Lipinski definition) is 1. The van der Waals surface area contributed by atoms with Crippen LogP contribution in [0.3, 0.4) is 0 Å². The van der Waals surface area contributed by atoms with Gasteiger partial charge in [0.05, 0.1) is 28.6 Å². The van der Waals surface area contributed by atoms with E-state index in [1.165, 1.54) is 16.0 Å². The van der Waals surface area contributed by atoms with Gasteiger partial charge in [-0.25, -0.2) is 19.6 Å². The summed E-state index contributed by atoms with van der Waals surface area (Å²) in [6.07, 6.45) is 4.21. The summed E-state index contributed by atoms with van der Waals surface area (Å²) in [5.41, 5.74) is 2.17. The molecule has 0 unspecified atom stereocenters. The summed E-state index contributed by atoms with van der Waals surface area (Å²) in [5.74, 6) is 0. The minimum atomic E-state index is -0.124. The maximum atomic E-state index is 13.0. The van der Waals surface area contributed by atoms with Crippen molar-refractivity contribution in [2.24, 2.45) is 7.05 Å². The molecule has 8 nitrogen and oxygen atoms in total. The molecule has 0 saturated heterocycles. The predicted octanol–water partition coefficient (Wildman–Crippen LogP) is 1.81. The van der Waals surface area contributed by atoms with E-state index in [-0.39, 0.29) is 12.2 Å². The Morgan fingerprint density at radius 2 is 2.14 bits per heavy atom. The first-order valence-corrected chi connectivity index (χ1v) is 11.0. The minimum Gasteiger partial charge on any atom is -0.389 e. The number of fused-ring (bicyclic) bond motifs is 3. The number of hydrogen-bond acceptors (Lipinski definition) is 8. The van der Waals surface area contributed by atoms with Gasteiger partial charge in [0.2, 0.25) is 0 Å². The van der Waals surface area contributed by atoms with Crippen molar-refractivity contribution >= 4 is 55.3 Å². The van der Waals surface area contributed by atoms with Crippen molar-refractivity contribution in [3.05, 3.63) is 54.2 Å². The predicted molar refractivity (Wildman–Crippen MR) is 109 cm³/mol. The second-order valence-corrected chi connectivity index (χ2v) is 9.27. The van der Waals surface area contributed by atoms with Gasteiger partial charge in [-0.05, 0) is 0 Å². The van der Waals surface area contributed by atoms with Gasteiger partial charge in [-0.1, -0.05) is 11.3 Å². The Morgan fingerprint density at radius 3 is 2.89 bits per heavy atom. The van der Waals surface area contributed by atoms with E-state index in [2.05, 4.69) is 15.1 Å². The molecule has 0 amide bonds. The Bertz CT molecular complexity index is 1340. The van der Waals surface area contributed by atoms with Crippen molar-refractivity contribution in [2.75, 3.05) is 0 Å². The summed E-state index contributed by atoms with van der Waals surface area (Å²) in [5, 5.41) is 20.8. The van der Waals surface area contributed by atoms with E-state index >= 15 is 0 Å². The number of aromatic amines is 1. The van der Waals surface area contributed by atoms with Gasteiger partial charge in [0, 0.05) is 24.2 Å². The molecule has 142 valence electrons. The van der Waals surface area contributed by atoms with Crippen molar-refractivity contribution in [3.63, 3.8) is 0 Å². The fourth-order valence-electron chi connectivity index (χ4n) is 3.17. The topological polar surface area (TPSA) is 100.0 Å². The molecule has 0 saturated carbocycles. The van der Waals surface area contributed by atoms with E-state index in [0.717, 1.165) is 31.4 Å². The molecule has 0 aliphatic heterocycles. The summed E-state index contributed by atoms with van der Waals surface area (Å²) >= 11 is 4.56. The number of H-pyrrole nitrogens is 1. The van der Waals surface area contributed by atoms with Crippen molar-refractivity contribution in [1.82, 2.24) is 24.3 Å². The van der Waals surface area contributed by atoms with Crippen molar-refractivity contribution < 1.29 is 10.1 Å². The molecule has 5 aromatic rings. The molecule has 0 radical (unpaired) electrons. The van der Waals surface area contributed by atoms with E-state index in [1.807, 2.05) is 28.6 Å². The maximum Gasteiger partial charge on any atom is 0.291 e. The van der Waals surface area contributed by atoms with Crippen LogP contribution < -0.4 is 10.5 Å². The summed E-state index contributed by atoms with van der Waals surface area (Å²) in [6.45, 7) is 0.372. The van der Waals surface area contributed by atoms with Crippen molar-refractivity contribution in [2.45, 2.75) is 19.6 Å². The summed E-state index contributed by atoms with van der Waals surface area (Å²) in [7, 11) is 1.86. The van der Waals surface area contributed by atoms with Crippen LogP contribution in [0.2, 0.25) is 0 Å². The van der Waals surface area contributed by atoms with E-state index in [4.69, 9.17) is 4.98 Å². The molecule has 0 aromatic carbocycles. The number of aliphatic hydroxyl groups excluding tert-OH is 1. The minimum absolute atomic E-state index is 0.0453. The fourth-order valence-corrected chi connectivity index (χ4v) is 5.58. The van der Waals surface area contributed by atoms with Crippen LogP contribution in [-0.2, 0) is 26.6 Å². The number of thiazole rings is 3. The smallest absolute Gasteiger partial charge is 0.291 e. The van der Waals surface area contributed by atoms with Crippen LogP contribution in [0.4, 0.5) is 0 Å². The zero-order valence-corrected chi connectivity index (χ0v) is 17.2. The van der Waals surface area contributed by atoms with Gasteiger partial charge in [0.15, 0.2) is 11.8 Å². The molecule has 0 atom stereocenters. The van der Waals surface area contributed by atoms with E-state index in [9.17, 15) is 9.90 Å². The van der Waals surface area contributed by atoms with Gasteiger partial charge in [-0.15, -0.1) is 22.7 Å². The largest absolute Gasteiger partial charge is 0.389 e. The first-order valence-electron chi connectivity index (χ1n) is 8.46. The summed E-state index contributed by atoms with van der Waals surface area (Å²) in [4.78, 5) is 25.2. The van der Waals surface area contributed by atoms with Crippen LogP contribution >= 0.6 is 34.0 Å². The zero-order valence-electron chi connectivity index (χ0n) is 14.7. The van der Waals surface area contributed by atoms with Crippen LogP contribution in [0.5, 0.6) is 0 Å². The van der Waals surface area contributed by atoms with Crippen molar-refractivity contribution in [3.8, 4) is 0 Å². The number of aliphatic hydroxyl groups is 1. The quantitative estimate of drug-likeness (QED) is 0.457. The third-order valence-electron chi connectivity index (χ3n) is 4.45. The normalized spacial score (nSPS) is 11.8. The Kier molecular flexibility index (Phi) is 4.31. The molecule has 0 fully saturated rings. The molecule has 0 bridgehead atoms. The second-order valence-electron chi connectivity index (χ2n) is 6.24. The van der Waals surface area contributed by atoms with Crippen LogP contribution in [0.1, 0.15) is 20.7 Å². The molecule has 5 aromatic heterocycles. The van der Waals surface area contributed by atoms with Gasteiger partial charge in [0.25, 0.3) is 10.6 Å². The zero-order chi connectivity index (χ0) is 19.3. The molecule has 2 N–H and O–H groups in total. The van der Waals surface area contributed by atoms with Crippen LogP contribution in [0.15, 0.2) is 27.9 Å². The first kappa shape index (κ1) is 17.6. The average molecular weight is 432 g/mol. The fraction of sp³-hybridized carbons (Fsp3) is 0.235. The highest BCUT2D eigenvalue weighted by molar-refractivity contribution is 7.19. The summed E-state index contributed by atoms with van der Waals surface area (Å²) in [6, 6.07) is 0. The molecule has 28 heavy (non-hydrogen) atoms. The van der Waals surface area contributed by atoms with Crippen LogP contribution in [-0.4, -0.2) is 29.4 Å². The second kappa shape index (κ2) is 6.85. The molecule has 11 heteroatoms. The SMILES string of the molecule is Cn1c2nc(Cc3csc(CO)n3)sc2c2cnn(Cc3[nH+]ccs3)c(=O)c21. The van der Waals surface area contributed by atoms with Crippen LogP contribution in [0.25, 0.3) is 21.3 Å².